The van der Waals surface area contributed by atoms with E-state index >= 15 is 0 Å². The van der Waals surface area contributed by atoms with E-state index in [0.29, 0.717) is 21.7 Å². The molecule has 1 saturated heterocycles. The van der Waals surface area contributed by atoms with Crippen molar-refractivity contribution in [1.82, 2.24) is 9.55 Å². The molecule has 3 aromatic rings. The number of aliphatic hydroxyl groups is 1. The molecule has 27 heavy (non-hydrogen) atoms. The van der Waals surface area contributed by atoms with E-state index in [1.54, 1.807) is 24.3 Å². The second kappa shape index (κ2) is 6.78. The van der Waals surface area contributed by atoms with Crippen LogP contribution in [0.15, 0.2) is 58.5 Å². The van der Waals surface area contributed by atoms with E-state index < -0.39 is 21.2 Å². The third-order valence-electron chi connectivity index (χ3n) is 4.57. The average Bonchev–Trinajstić information content (AvgIpc) is 2.88. The summed E-state index contributed by atoms with van der Waals surface area (Å²) in [7, 11) is -3.29. The number of fused-ring (bicyclic) bond motifs is 1. The molecule has 0 amide bonds. The fourth-order valence-electron chi connectivity index (χ4n) is 3.16. The predicted molar refractivity (Wildman–Crippen MR) is 106 cm³/mol. The minimum Gasteiger partial charge on any atom is -0.391 e. The molecule has 8 heteroatoms. The summed E-state index contributed by atoms with van der Waals surface area (Å²) in [6, 6.07) is 14.5. The van der Waals surface area contributed by atoms with Gasteiger partial charge in [-0.1, -0.05) is 41.6 Å². The van der Waals surface area contributed by atoms with Gasteiger partial charge in [-0.15, -0.1) is 0 Å². The van der Waals surface area contributed by atoms with Crippen LogP contribution in [0.1, 0.15) is 5.56 Å². The fraction of sp³-hybridized carbons (Fsp3) is 0.263. The number of benzene rings is 2. The van der Waals surface area contributed by atoms with Crippen LogP contribution in [0.4, 0.5) is 0 Å². The highest BCUT2D eigenvalue weighted by molar-refractivity contribution is 8.01. The summed E-state index contributed by atoms with van der Waals surface area (Å²) in [5, 5.41) is 10.5. The Balaban J connectivity index is 1.89. The van der Waals surface area contributed by atoms with E-state index in [9.17, 15) is 18.3 Å². The topological polar surface area (TPSA) is 89.3 Å². The van der Waals surface area contributed by atoms with Gasteiger partial charge < -0.3 is 5.11 Å². The maximum absolute atomic E-state index is 13.1. The summed E-state index contributed by atoms with van der Waals surface area (Å²) in [6.07, 6.45) is -0.977. The van der Waals surface area contributed by atoms with Gasteiger partial charge in [-0.05, 0) is 31.2 Å². The highest BCUT2D eigenvalue weighted by Crippen LogP contribution is 2.31. The summed E-state index contributed by atoms with van der Waals surface area (Å²) in [4.78, 5) is 17.7. The van der Waals surface area contributed by atoms with E-state index in [1.807, 2.05) is 31.2 Å². The quantitative estimate of drug-likeness (QED) is 0.674. The first-order valence-electron chi connectivity index (χ1n) is 8.48. The van der Waals surface area contributed by atoms with Crippen LogP contribution in [-0.4, -0.2) is 45.9 Å². The third kappa shape index (κ3) is 3.52. The minimum atomic E-state index is -3.29. The molecule has 1 aromatic heterocycles. The third-order valence-corrected chi connectivity index (χ3v) is 7.76. The van der Waals surface area contributed by atoms with Crippen molar-refractivity contribution in [1.29, 1.82) is 0 Å². The molecule has 0 spiro atoms. The van der Waals surface area contributed by atoms with Crippen LogP contribution in [0.3, 0.4) is 0 Å². The molecular weight excluding hydrogens is 384 g/mol. The van der Waals surface area contributed by atoms with E-state index in [0.717, 1.165) is 17.3 Å². The summed E-state index contributed by atoms with van der Waals surface area (Å²) in [5.74, 6) is -0.386. The van der Waals surface area contributed by atoms with Gasteiger partial charge in [0.05, 0.1) is 39.4 Å². The molecule has 0 saturated carbocycles. The summed E-state index contributed by atoms with van der Waals surface area (Å²) in [5.41, 5.74) is 2.04. The average molecular weight is 402 g/mol. The zero-order chi connectivity index (χ0) is 19.2. The molecule has 2 atom stereocenters. The Labute approximate surface area is 160 Å². The van der Waals surface area contributed by atoms with E-state index in [1.165, 1.54) is 4.57 Å². The van der Waals surface area contributed by atoms with Crippen molar-refractivity contribution in [2.75, 3.05) is 11.5 Å². The van der Waals surface area contributed by atoms with Gasteiger partial charge in [0.15, 0.2) is 15.0 Å². The zero-order valence-corrected chi connectivity index (χ0v) is 16.2. The Morgan fingerprint density at radius 2 is 1.81 bits per heavy atom. The van der Waals surface area contributed by atoms with Crippen molar-refractivity contribution in [2.45, 2.75) is 23.4 Å². The van der Waals surface area contributed by atoms with Gasteiger partial charge in [0, 0.05) is 0 Å². The number of hydrogen-bond acceptors (Lipinski definition) is 6. The molecule has 0 bridgehead atoms. The first-order valence-corrected chi connectivity index (χ1v) is 11.2. The molecule has 2 heterocycles. The molecule has 6 nitrogen and oxygen atoms in total. The Bertz CT molecular complexity index is 1170. The smallest absolute Gasteiger partial charge is 0.266 e. The van der Waals surface area contributed by atoms with Gasteiger partial charge in [0.1, 0.15) is 0 Å². The molecule has 0 unspecified atom stereocenters. The Morgan fingerprint density at radius 1 is 1.11 bits per heavy atom. The Hall–Kier alpha value is -2.16. The predicted octanol–water partition coefficient (Wildman–Crippen LogP) is 1.94. The lowest BCUT2D eigenvalue weighted by Crippen LogP contribution is -2.25. The Morgan fingerprint density at radius 3 is 2.48 bits per heavy atom. The molecule has 2 aromatic carbocycles. The lowest BCUT2D eigenvalue weighted by molar-refractivity contribution is 0.207. The monoisotopic (exact) mass is 402 g/mol. The number of nitrogens with zero attached hydrogens (tertiary/aromatic N) is 2. The lowest BCUT2D eigenvalue weighted by Gasteiger charge is -2.17. The second-order valence-corrected chi connectivity index (χ2v) is 10.0. The number of hydrogen-bond donors (Lipinski definition) is 1. The summed E-state index contributed by atoms with van der Waals surface area (Å²) >= 11 is 1.14. The normalized spacial score (nSPS) is 21.6. The highest BCUT2D eigenvalue weighted by atomic mass is 32.2. The number of sulfone groups is 1. The van der Waals surface area contributed by atoms with Crippen LogP contribution in [0.2, 0.25) is 0 Å². The van der Waals surface area contributed by atoms with E-state index in [-0.39, 0.29) is 17.1 Å². The SMILES string of the molecule is Cc1ccc(-n2c(S[C@H]3CS(=O)(=O)C[C@H]3O)nc3ccccc3c2=O)cc1. The van der Waals surface area contributed by atoms with Crippen LogP contribution in [0.25, 0.3) is 16.6 Å². The molecule has 140 valence electrons. The van der Waals surface area contributed by atoms with Crippen molar-refractivity contribution >= 4 is 32.5 Å². The molecule has 1 fully saturated rings. The lowest BCUT2D eigenvalue weighted by atomic mass is 10.2. The summed E-state index contributed by atoms with van der Waals surface area (Å²) < 4.78 is 25.2. The number of thioether (sulfide) groups is 1. The number of aliphatic hydroxyl groups excluding tert-OH is 1. The summed E-state index contributed by atoms with van der Waals surface area (Å²) in [6.45, 7) is 1.96. The van der Waals surface area contributed by atoms with Gasteiger partial charge in [0.2, 0.25) is 0 Å². The number of aryl methyl sites for hydroxylation is 1. The van der Waals surface area contributed by atoms with Gasteiger partial charge in [-0.3, -0.25) is 9.36 Å². The van der Waals surface area contributed by atoms with Crippen molar-refractivity contribution < 1.29 is 13.5 Å². The largest absolute Gasteiger partial charge is 0.391 e. The number of aromatic nitrogens is 2. The molecule has 1 N–H and O–H groups in total. The standard InChI is InChI=1S/C19H18N2O4S2/c1-12-6-8-13(9-7-12)21-18(23)14-4-2-3-5-15(14)20-19(21)26-17-11-27(24,25)10-16(17)22/h2-9,16-17,22H,10-11H2,1H3/t16-,17+/m1/s1. The fourth-order valence-corrected chi connectivity index (χ4v) is 6.75. The number of para-hydroxylation sites is 1. The van der Waals surface area contributed by atoms with Crippen LogP contribution >= 0.6 is 11.8 Å². The molecule has 0 radical (unpaired) electrons. The van der Waals surface area contributed by atoms with Crippen molar-refractivity contribution in [2.24, 2.45) is 0 Å². The molecule has 1 aliphatic rings. The van der Waals surface area contributed by atoms with Crippen LogP contribution in [-0.2, 0) is 9.84 Å². The number of rotatable bonds is 3. The van der Waals surface area contributed by atoms with Crippen molar-refractivity contribution in [3.63, 3.8) is 0 Å². The maximum atomic E-state index is 13.1. The van der Waals surface area contributed by atoms with Gasteiger partial charge in [0.25, 0.3) is 5.56 Å². The molecular formula is C19H18N2O4S2. The van der Waals surface area contributed by atoms with Crippen LogP contribution in [0.5, 0.6) is 0 Å². The first kappa shape index (κ1) is 18.2. The Kier molecular flexibility index (Phi) is 4.57. The van der Waals surface area contributed by atoms with E-state index in [2.05, 4.69) is 4.98 Å². The van der Waals surface area contributed by atoms with Crippen LogP contribution < -0.4 is 5.56 Å². The van der Waals surface area contributed by atoms with Crippen molar-refractivity contribution in [3.8, 4) is 5.69 Å². The van der Waals surface area contributed by atoms with Gasteiger partial charge >= 0.3 is 0 Å². The molecule has 4 rings (SSSR count). The molecule has 1 aliphatic heterocycles. The first-order chi connectivity index (χ1) is 12.8. The van der Waals surface area contributed by atoms with Gasteiger partial charge in [-0.2, -0.15) is 0 Å². The van der Waals surface area contributed by atoms with Crippen molar-refractivity contribution in [3.05, 3.63) is 64.4 Å². The highest BCUT2D eigenvalue weighted by Gasteiger charge is 2.38. The van der Waals surface area contributed by atoms with Gasteiger partial charge in [-0.25, -0.2) is 13.4 Å². The minimum absolute atomic E-state index is 0.130. The van der Waals surface area contributed by atoms with E-state index in [4.69, 9.17) is 0 Å². The maximum Gasteiger partial charge on any atom is 0.266 e. The molecule has 0 aliphatic carbocycles. The van der Waals surface area contributed by atoms with Crippen LogP contribution in [0, 0.1) is 6.92 Å². The second-order valence-electron chi connectivity index (χ2n) is 6.69. The zero-order valence-electron chi connectivity index (χ0n) is 14.6.